The van der Waals surface area contributed by atoms with Crippen LogP contribution in [0.3, 0.4) is 0 Å². The van der Waals surface area contributed by atoms with E-state index in [1.54, 1.807) is 0 Å². The van der Waals surface area contributed by atoms with E-state index in [-0.39, 0.29) is 10.7 Å². The maximum atomic E-state index is 10.4. The van der Waals surface area contributed by atoms with E-state index in [4.69, 9.17) is 18.0 Å². The highest BCUT2D eigenvalue weighted by Gasteiger charge is 2.10. The van der Waals surface area contributed by atoms with Crippen molar-refractivity contribution < 1.29 is 4.92 Å². The molecular formula is C10H10ClN3O2. The van der Waals surface area contributed by atoms with Crippen LogP contribution in [0.2, 0.25) is 5.02 Å². The average molecular weight is 240 g/mol. The van der Waals surface area contributed by atoms with E-state index < -0.39 is 4.92 Å². The Kier molecular flexibility index (Phi) is 4.55. The molecule has 5 nitrogen and oxygen atoms in total. The maximum Gasteiger partial charge on any atom is 0.289 e. The fraction of sp³-hybridized carbons (Fsp3) is 0.300. The Balaban J connectivity index is 2.62. The van der Waals surface area contributed by atoms with Crippen molar-refractivity contribution >= 4 is 23.1 Å². The number of pyridine rings is 1. The first-order valence-electron chi connectivity index (χ1n) is 4.62. The number of rotatable bonds is 5. The zero-order valence-corrected chi connectivity index (χ0v) is 9.20. The first-order valence-corrected chi connectivity index (χ1v) is 5.00. The van der Waals surface area contributed by atoms with Crippen molar-refractivity contribution in [2.75, 3.05) is 11.9 Å². The van der Waals surface area contributed by atoms with Gasteiger partial charge in [0.15, 0.2) is 0 Å². The van der Waals surface area contributed by atoms with Crippen LogP contribution in [-0.2, 0) is 0 Å². The number of nitro groups is 1. The fourth-order valence-corrected chi connectivity index (χ4v) is 1.28. The summed E-state index contributed by atoms with van der Waals surface area (Å²) in [5.41, 5.74) is -0.126. The third-order valence-electron chi connectivity index (χ3n) is 1.83. The van der Waals surface area contributed by atoms with E-state index in [9.17, 15) is 10.1 Å². The van der Waals surface area contributed by atoms with E-state index in [1.807, 2.05) is 0 Å². The standard InChI is InChI=1S/C10H10ClN3O2/c1-2-3-4-5-12-10-9(11)6-8(7-13-10)14(15)16/h1,6-7H,3-5H2,(H,12,13). The van der Waals surface area contributed by atoms with Crippen molar-refractivity contribution in [3.8, 4) is 12.3 Å². The third-order valence-corrected chi connectivity index (χ3v) is 2.12. The molecule has 1 aromatic heterocycles. The second-order valence-corrected chi connectivity index (χ2v) is 3.42. The smallest absolute Gasteiger partial charge is 0.289 e. The number of unbranched alkanes of at least 4 members (excludes halogenated alkanes) is 1. The average Bonchev–Trinajstić information content (AvgIpc) is 2.26. The van der Waals surface area contributed by atoms with E-state index >= 15 is 0 Å². The van der Waals surface area contributed by atoms with Gasteiger partial charge in [0.1, 0.15) is 12.0 Å². The minimum Gasteiger partial charge on any atom is -0.369 e. The molecule has 0 aliphatic heterocycles. The second-order valence-electron chi connectivity index (χ2n) is 3.02. The molecule has 0 fully saturated rings. The molecule has 1 aromatic rings. The van der Waals surface area contributed by atoms with Crippen LogP contribution in [0.5, 0.6) is 0 Å². The van der Waals surface area contributed by atoms with Crippen LogP contribution in [0.1, 0.15) is 12.8 Å². The molecule has 16 heavy (non-hydrogen) atoms. The molecule has 0 aliphatic carbocycles. The summed E-state index contributed by atoms with van der Waals surface area (Å²) < 4.78 is 0. The number of hydrogen-bond donors (Lipinski definition) is 1. The quantitative estimate of drug-likeness (QED) is 0.371. The molecule has 0 unspecified atom stereocenters. The summed E-state index contributed by atoms with van der Waals surface area (Å²) in [6.45, 7) is 0.634. The Hall–Kier alpha value is -1.80. The topological polar surface area (TPSA) is 68.1 Å². The number of nitrogens with zero attached hydrogens (tertiary/aromatic N) is 2. The van der Waals surface area contributed by atoms with E-state index in [0.717, 1.165) is 12.6 Å². The number of aromatic nitrogens is 1. The molecule has 0 amide bonds. The molecule has 0 saturated carbocycles. The SMILES string of the molecule is C#CCCCNc1ncc([N+](=O)[O-])cc1Cl. The van der Waals surface area contributed by atoms with Gasteiger partial charge < -0.3 is 5.32 Å². The normalized spacial score (nSPS) is 9.50. The number of terminal acetylenes is 1. The molecule has 0 aliphatic rings. The Morgan fingerprint density at radius 1 is 1.69 bits per heavy atom. The van der Waals surface area contributed by atoms with Gasteiger partial charge in [-0.15, -0.1) is 12.3 Å². The molecule has 0 saturated heterocycles. The minimum absolute atomic E-state index is 0.126. The van der Waals surface area contributed by atoms with Gasteiger partial charge in [0.25, 0.3) is 5.69 Å². The van der Waals surface area contributed by atoms with Gasteiger partial charge in [0, 0.05) is 19.0 Å². The van der Waals surface area contributed by atoms with Crippen LogP contribution in [0, 0.1) is 22.5 Å². The van der Waals surface area contributed by atoms with Gasteiger partial charge in [-0.1, -0.05) is 11.6 Å². The molecule has 0 aromatic carbocycles. The number of anilines is 1. The second kappa shape index (κ2) is 5.93. The molecule has 6 heteroatoms. The molecule has 0 spiro atoms. The molecule has 84 valence electrons. The zero-order chi connectivity index (χ0) is 12.0. The Morgan fingerprint density at radius 3 is 3.00 bits per heavy atom. The molecule has 0 atom stereocenters. The van der Waals surface area contributed by atoms with Crippen molar-refractivity contribution in [1.82, 2.24) is 4.98 Å². The molecular weight excluding hydrogens is 230 g/mol. The summed E-state index contributed by atoms with van der Waals surface area (Å²) in [5, 5.41) is 13.6. The lowest BCUT2D eigenvalue weighted by Gasteiger charge is -2.05. The van der Waals surface area contributed by atoms with Crippen LogP contribution in [-0.4, -0.2) is 16.5 Å². The van der Waals surface area contributed by atoms with Gasteiger partial charge in [-0.25, -0.2) is 4.98 Å². The summed E-state index contributed by atoms with van der Waals surface area (Å²) >= 11 is 5.82. The minimum atomic E-state index is -0.541. The fourth-order valence-electron chi connectivity index (χ4n) is 1.05. The first-order chi connectivity index (χ1) is 7.65. The third kappa shape index (κ3) is 3.41. The first kappa shape index (κ1) is 12.3. The summed E-state index contributed by atoms with van der Waals surface area (Å²) in [4.78, 5) is 13.7. The van der Waals surface area contributed by atoms with Crippen molar-refractivity contribution in [2.24, 2.45) is 0 Å². The lowest BCUT2D eigenvalue weighted by atomic mass is 10.3. The maximum absolute atomic E-state index is 10.4. The Labute approximate surface area is 98.0 Å². The van der Waals surface area contributed by atoms with E-state index in [0.29, 0.717) is 18.8 Å². The van der Waals surface area contributed by atoms with Gasteiger partial charge in [-0.2, -0.15) is 0 Å². The monoisotopic (exact) mass is 239 g/mol. The van der Waals surface area contributed by atoms with Gasteiger partial charge >= 0.3 is 0 Å². The highest BCUT2D eigenvalue weighted by molar-refractivity contribution is 6.33. The zero-order valence-electron chi connectivity index (χ0n) is 8.44. The van der Waals surface area contributed by atoms with Gasteiger partial charge in [0.2, 0.25) is 0 Å². The highest BCUT2D eigenvalue weighted by Crippen LogP contribution is 2.23. The predicted octanol–water partition coefficient (Wildman–Crippen LogP) is 2.47. The lowest BCUT2D eigenvalue weighted by molar-refractivity contribution is -0.385. The van der Waals surface area contributed by atoms with Crippen LogP contribution in [0.25, 0.3) is 0 Å². The molecule has 0 radical (unpaired) electrons. The number of hydrogen-bond acceptors (Lipinski definition) is 4. The molecule has 1 rings (SSSR count). The van der Waals surface area contributed by atoms with Gasteiger partial charge in [-0.3, -0.25) is 10.1 Å². The van der Waals surface area contributed by atoms with Crippen LogP contribution >= 0.6 is 11.6 Å². The summed E-state index contributed by atoms with van der Waals surface area (Å²) in [6, 6.07) is 1.26. The predicted molar refractivity (Wildman–Crippen MR) is 62.5 cm³/mol. The van der Waals surface area contributed by atoms with Crippen molar-refractivity contribution in [3.63, 3.8) is 0 Å². The van der Waals surface area contributed by atoms with E-state index in [1.165, 1.54) is 6.07 Å². The van der Waals surface area contributed by atoms with Crippen molar-refractivity contribution in [2.45, 2.75) is 12.8 Å². The largest absolute Gasteiger partial charge is 0.369 e. The molecule has 1 heterocycles. The summed E-state index contributed by atoms with van der Waals surface area (Å²) in [6.07, 6.45) is 7.72. The Bertz CT molecular complexity index is 429. The number of nitrogens with one attached hydrogen (secondary N) is 1. The van der Waals surface area contributed by atoms with Crippen molar-refractivity contribution in [1.29, 1.82) is 0 Å². The van der Waals surface area contributed by atoms with Gasteiger partial charge in [-0.05, 0) is 6.42 Å². The van der Waals surface area contributed by atoms with Crippen molar-refractivity contribution in [3.05, 3.63) is 27.4 Å². The van der Waals surface area contributed by atoms with E-state index in [2.05, 4.69) is 16.2 Å². The van der Waals surface area contributed by atoms with Crippen LogP contribution < -0.4 is 5.32 Å². The van der Waals surface area contributed by atoms with Crippen LogP contribution in [0.4, 0.5) is 11.5 Å². The molecule has 0 bridgehead atoms. The Morgan fingerprint density at radius 2 is 2.44 bits per heavy atom. The summed E-state index contributed by atoms with van der Waals surface area (Å²) in [7, 11) is 0. The number of halogens is 1. The van der Waals surface area contributed by atoms with Crippen LogP contribution in [0.15, 0.2) is 12.3 Å². The molecule has 1 N–H and O–H groups in total. The lowest BCUT2D eigenvalue weighted by Crippen LogP contribution is -2.04. The van der Waals surface area contributed by atoms with Gasteiger partial charge in [0.05, 0.1) is 9.95 Å². The summed E-state index contributed by atoms with van der Waals surface area (Å²) in [5.74, 6) is 2.94. The highest BCUT2D eigenvalue weighted by atomic mass is 35.5.